The zero-order chi connectivity index (χ0) is 17.8. The van der Waals surface area contributed by atoms with Gasteiger partial charge >= 0.3 is 17.4 Å². The summed E-state index contributed by atoms with van der Waals surface area (Å²) in [6.45, 7) is 9.54. The number of nitrogens with one attached hydrogen (secondary N) is 1. The van der Waals surface area contributed by atoms with E-state index in [2.05, 4.69) is 5.32 Å². The number of carbonyl (C=O) groups is 3. The number of hydrogen-bond acceptors (Lipinski definition) is 7. The van der Waals surface area contributed by atoms with E-state index in [0.29, 0.717) is 12.4 Å². The van der Waals surface area contributed by atoms with Crippen LogP contribution >= 0.6 is 11.8 Å². The summed E-state index contributed by atoms with van der Waals surface area (Å²) in [5.74, 6) is -0.0547. The second kappa shape index (κ2) is 12.0. The van der Waals surface area contributed by atoms with Gasteiger partial charge in [0.25, 0.3) is 0 Å². The van der Waals surface area contributed by atoms with Gasteiger partial charge in [-0.15, -0.1) is 0 Å². The maximum absolute atomic E-state index is 12.2. The van der Waals surface area contributed by atoms with Gasteiger partial charge in [-0.05, 0) is 44.9 Å². The summed E-state index contributed by atoms with van der Waals surface area (Å²) in [5.41, 5.74) is 0. The summed E-state index contributed by atoms with van der Waals surface area (Å²) in [4.78, 5) is 35.0. The third-order valence-electron chi connectivity index (χ3n) is 2.98. The smallest absolute Gasteiger partial charge is 0.407 e. The Bertz CT molecular complexity index is 388. The topological polar surface area (TPSA) is 90.9 Å². The van der Waals surface area contributed by atoms with Gasteiger partial charge in [0.1, 0.15) is 12.1 Å². The molecule has 1 N–H and O–H groups in total. The summed E-state index contributed by atoms with van der Waals surface area (Å²) in [6.07, 6.45) is -0.717. The molecule has 0 aliphatic rings. The van der Waals surface area contributed by atoms with Gasteiger partial charge in [-0.1, -0.05) is 13.8 Å². The average molecular weight is 349 g/mol. The highest BCUT2D eigenvalue weighted by molar-refractivity contribution is 8.13. The summed E-state index contributed by atoms with van der Waals surface area (Å²) in [5, 5.41) is 2.06. The lowest BCUT2D eigenvalue weighted by atomic mass is 10.1. The molecule has 1 amide bonds. The van der Waals surface area contributed by atoms with Crippen LogP contribution in [-0.4, -0.2) is 48.5 Å². The van der Waals surface area contributed by atoms with E-state index < -0.39 is 23.4 Å². The zero-order valence-corrected chi connectivity index (χ0v) is 15.2. The Morgan fingerprint density at radius 3 is 2.17 bits per heavy atom. The molecule has 0 rings (SSSR count). The van der Waals surface area contributed by atoms with Gasteiger partial charge in [0.05, 0.1) is 13.2 Å². The summed E-state index contributed by atoms with van der Waals surface area (Å²) < 4.78 is 14.9. The van der Waals surface area contributed by atoms with Crippen LogP contribution in [0.25, 0.3) is 0 Å². The van der Waals surface area contributed by atoms with Crippen LogP contribution in [0.5, 0.6) is 0 Å². The number of hydrogen-bond donors (Lipinski definition) is 1. The van der Waals surface area contributed by atoms with E-state index in [4.69, 9.17) is 14.2 Å². The van der Waals surface area contributed by atoms with E-state index in [9.17, 15) is 14.4 Å². The van der Waals surface area contributed by atoms with Crippen molar-refractivity contribution in [3.63, 3.8) is 0 Å². The van der Waals surface area contributed by atoms with Crippen molar-refractivity contribution < 1.29 is 28.6 Å². The highest BCUT2D eigenvalue weighted by Crippen LogP contribution is 2.12. The molecule has 0 saturated heterocycles. The molecule has 0 bridgehead atoms. The normalized spacial score (nSPS) is 13.1. The molecule has 7 nitrogen and oxygen atoms in total. The minimum atomic E-state index is -0.864. The quantitative estimate of drug-likeness (QED) is 0.505. The van der Waals surface area contributed by atoms with Crippen molar-refractivity contribution in [2.24, 2.45) is 5.92 Å². The van der Waals surface area contributed by atoms with Crippen molar-refractivity contribution in [1.29, 1.82) is 0 Å². The Balaban J connectivity index is 4.57. The van der Waals surface area contributed by atoms with E-state index in [1.165, 1.54) is 0 Å². The van der Waals surface area contributed by atoms with Crippen LogP contribution in [-0.2, 0) is 19.0 Å². The standard InChI is InChI=1S/C15H27NO6S/c1-6-20-14(18)16-12(8-9-23-15(19)21-7-2)13(17)22-11(5)10(3)4/h10-12H,6-9H2,1-5H3,(H,16,18)/t11-,12?/m0/s1. The van der Waals surface area contributed by atoms with Crippen molar-refractivity contribution in [3.8, 4) is 0 Å². The van der Waals surface area contributed by atoms with Crippen LogP contribution in [0.2, 0.25) is 0 Å². The van der Waals surface area contributed by atoms with Crippen LogP contribution in [0.1, 0.15) is 41.0 Å². The molecule has 0 aliphatic heterocycles. The molecule has 8 heteroatoms. The van der Waals surface area contributed by atoms with Gasteiger partial charge in [0.15, 0.2) is 0 Å². The van der Waals surface area contributed by atoms with Gasteiger partial charge < -0.3 is 19.5 Å². The third-order valence-corrected chi connectivity index (χ3v) is 3.77. The monoisotopic (exact) mass is 349 g/mol. The molecule has 0 aromatic carbocycles. The highest BCUT2D eigenvalue weighted by atomic mass is 32.2. The molecule has 0 aromatic heterocycles. The van der Waals surface area contributed by atoms with Crippen molar-refractivity contribution in [1.82, 2.24) is 5.32 Å². The number of amides is 1. The Hall–Kier alpha value is -1.44. The molecule has 0 aliphatic carbocycles. The zero-order valence-electron chi connectivity index (χ0n) is 14.4. The fourth-order valence-corrected chi connectivity index (χ4v) is 2.11. The molecule has 23 heavy (non-hydrogen) atoms. The summed E-state index contributed by atoms with van der Waals surface area (Å²) in [6, 6.07) is -0.864. The summed E-state index contributed by atoms with van der Waals surface area (Å²) in [7, 11) is 0. The van der Waals surface area contributed by atoms with Crippen LogP contribution in [0.4, 0.5) is 9.59 Å². The molecule has 0 heterocycles. The number of thioether (sulfide) groups is 1. The highest BCUT2D eigenvalue weighted by Gasteiger charge is 2.25. The van der Waals surface area contributed by atoms with Crippen molar-refractivity contribution >= 4 is 29.1 Å². The van der Waals surface area contributed by atoms with Gasteiger partial charge in [-0.3, -0.25) is 0 Å². The SMILES string of the molecule is CCOC(=O)NC(CCSC(=O)OCC)C(=O)O[C@@H](C)C(C)C. The van der Waals surface area contributed by atoms with E-state index in [0.717, 1.165) is 11.8 Å². The molecular formula is C15H27NO6S. The number of esters is 1. The average Bonchev–Trinajstić information content (AvgIpc) is 2.46. The lowest BCUT2D eigenvalue weighted by Crippen LogP contribution is -2.44. The number of alkyl carbamates (subject to hydrolysis) is 1. The molecule has 0 spiro atoms. The van der Waals surface area contributed by atoms with Crippen LogP contribution in [0, 0.1) is 5.92 Å². The van der Waals surface area contributed by atoms with Crippen molar-refractivity contribution in [2.75, 3.05) is 19.0 Å². The number of ether oxygens (including phenoxy) is 3. The maximum atomic E-state index is 12.2. The first-order chi connectivity index (χ1) is 10.8. The Labute approximate surface area is 141 Å². The molecule has 0 radical (unpaired) electrons. The second-order valence-corrected chi connectivity index (χ2v) is 6.15. The predicted octanol–water partition coefficient (Wildman–Crippen LogP) is 2.97. The first-order valence-corrected chi connectivity index (χ1v) is 8.73. The third kappa shape index (κ3) is 10.0. The largest absolute Gasteiger partial charge is 0.461 e. The van der Waals surface area contributed by atoms with E-state index >= 15 is 0 Å². The van der Waals surface area contributed by atoms with Gasteiger partial charge in [0.2, 0.25) is 0 Å². The Kier molecular flexibility index (Phi) is 11.3. The Morgan fingerprint density at radius 1 is 1.04 bits per heavy atom. The molecule has 0 saturated carbocycles. The molecule has 134 valence electrons. The molecular weight excluding hydrogens is 322 g/mol. The van der Waals surface area contributed by atoms with E-state index in [1.807, 2.05) is 13.8 Å². The maximum Gasteiger partial charge on any atom is 0.407 e. The fraction of sp³-hybridized carbons (Fsp3) is 0.800. The fourth-order valence-electron chi connectivity index (χ4n) is 1.39. The van der Waals surface area contributed by atoms with Crippen molar-refractivity contribution in [3.05, 3.63) is 0 Å². The van der Waals surface area contributed by atoms with Gasteiger partial charge in [-0.2, -0.15) is 0 Å². The van der Waals surface area contributed by atoms with E-state index in [1.54, 1.807) is 20.8 Å². The minimum Gasteiger partial charge on any atom is -0.461 e. The number of rotatable bonds is 9. The Morgan fingerprint density at radius 2 is 1.65 bits per heavy atom. The molecule has 0 fully saturated rings. The predicted molar refractivity (Wildman–Crippen MR) is 88.4 cm³/mol. The molecule has 0 aromatic rings. The van der Waals surface area contributed by atoms with Crippen LogP contribution < -0.4 is 5.32 Å². The lowest BCUT2D eigenvalue weighted by Gasteiger charge is -2.22. The van der Waals surface area contributed by atoms with Gasteiger partial charge in [0, 0.05) is 5.75 Å². The molecule has 2 atom stereocenters. The lowest BCUT2D eigenvalue weighted by molar-refractivity contribution is -0.152. The van der Waals surface area contributed by atoms with Crippen molar-refractivity contribution in [2.45, 2.75) is 53.2 Å². The van der Waals surface area contributed by atoms with Crippen LogP contribution in [0.3, 0.4) is 0 Å². The molecule has 1 unspecified atom stereocenters. The first kappa shape index (κ1) is 21.6. The second-order valence-electron chi connectivity index (χ2n) is 5.12. The first-order valence-electron chi connectivity index (χ1n) is 7.75. The summed E-state index contributed by atoms with van der Waals surface area (Å²) >= 11 is 0.951. The van der Waals surface area contributed by atoms with E-state index in [-0.39, 0.29) is 25.0 Å². The van der Waals surface area contributed by atoms with Gasteiger partial charge in [-0.25, -0.2) is 14.4 Å². The number of carbonyl (C=O) groups excluding carboxylic acids is 3. The minimum absolute atomic E-state index is 0.163. The van der Waals surface area contributed by atoms with Crippen LogP contribution in [0.15, 0.2) is 0 Å².